The van der Waals surface area contributed by atoms with Crippen LogP contribution in [0.4, 0.5) is 4.39 Å². The molecule has 36 heavy (non-hydrogen) atoms. The number of aromatic carboxylic acids is 1. The summed E-state index contributed by atoms with van der Waals surface area (Å²) in [5.74, 6) is -1.77. The second-order valence-corrected chi connectivity index (χ2v) is 9.10. The minimum absolute atomic E-state index is 0.0835. The molecule has 3 aromatic heterocycles. The molecule has 1 fully saturated rings. The second-order valence-electron chi connectivity index (χ2n) is 9.10. The lowest BCUT2D eigenvalue weighted by molar-refractivity contribution is 0.0681. The summed E-state index contributed by atoms with van der Waals surface area (Å²) in [6.07, 6.45) is 6.30. The van der Waals surface area contributed by atoms with Gasteiger partial charge >= 0.3 is 5.97 Å². The molecule has 186 valence electrons. The van der Waals surface area contributed by atoms with Crippen molar-refractivity contribution in [1.82, 2.24) is 29.3 Å². The lowest BCUT2D eigenvalue weighted by atomic mass is 10.1. The molecule has 1 N–H and O–H groups in total. The SMILES string of the molecule is CCc1cc(C(=O)N2CCCCC[C@H]2C)nc2cc(-c3ccc(-n4ccc(C(=O)O)n4)cc3F)nn12. The van der Waals surface area contributed by atoms with Crippen molar-refractivity contribution in [3.05, 3.63) is 65.5 Å². The van der Waals surface area contributed by atoms with Crippen molar-refractivity contribution in [1.29, 1.82) is 0 Å². The Kier molecular flexibility index (Phi) is 6.26. The van der Waals surface area contributed by atoms with Gasteiger partial charge in [0.05, 0.1) is 11.4 Å². The molecule has 0 aliphatic carbocycles. The van der Waals surface area contributed by atoms with Crippen molar-refractivity contribution < 1.29 is 19.1 Å². The Bertz CT molecular complexity index is 1460. The zero-order chi connectivity index (χ0) is 25.4. The minimum Gasteiger partial charge on any atom is -0.476 e. The first kappa shape index (κ1) is 23.7. The Balaban J connectivity index is 1.49. The zero-order valence-corrected chi connectivity index (χ0v) is 20.2. The number of benzene rings is 1. The van der Waals surface area contributed by atoms with E-state index in [1.165, 1.54) is 23.0 Å². The number of carboxylic acids is 1. The fourth-order valence-corrected chi connectivity index (χ4v) is 4.69. The molecule has 4 aromatic rings. The van der Waals surface area contributed by atoms with E-state index in [2.05, 4.69) is 22.1 Å². The van der Waals surface area contributed by atoms with E-state index in [9.17, 15) is 9.59 Å². The minimum atomic E-state index is -1.15. The smallest absolute Gasteiger partial charge is 0.356 e. The molecule has 0 unspecified atom stereocenters. The number of hydrogen-bond donors (Lipinski definition) is 1. The van der Waals surface area contributed by atoms with Crippen LogP contribution in [0.5, 0.6) is 0 Å². The number of carboxylic acid groups (broad SMARTS) is 1. The average molecular weight is 491 g/mol. The lowest BCUT2D eigenvalue weighted by Crippen LogP contribution is -2.38. The van der Waals surface area contributed by atoms with E-state index >= 15 is 4.39 Å². The largest absolute Gasteiger partial charge is 0.476 e. The Morgan fingerprint density at radius 2 is 1.92 bits per heavy atom. The summed E-state index contributed by atoms with van der Waals surface area (Å²) in [4.78, 5) is 30.9. The molecule has 0 radical (unpaired) electrons. The van der Waals surface area contributed by atoms with Crippen molar-refractivity contribution in [3.63, 3.8) is 0 Å². The van der Waals surface area contributed by atoms with Crippen LogP contribution in [0.3, 0.4) is 0 Å². The van der Waals surface area contributed by atoms with Crippen LogP contribution in [-0.4, -0.2) is 58.8 Å². The van der Waals surface area contributed by atoms with Crippen LogP contribution >= 0.6 is 0 Å². The van der Waals surface area contributed by atoms with Gasteiger partial charge in [-0.25, -0.2) is 23.4 Å². The summed E-state index contributed by atoms with van der Waals surface area (Å²) in [5.41, 5.74) is 2.59. The highest BCUT2D eigenvalue weighted by molar-refractivity contribution is 5.93. The number of halogens is 1. The summed E-state index contributed by atoms with van der Waals surface area (Å²) in [6, 6.07) is 9.46. The van der Waals surface area contributed by atoms with Crippen LogP contribution in [0.2, 0.25) is 0 Å². The van der Waals surface area contributed by atoms with Crippen molar-refractivity contribution in [2.45, 2.75) is 52.0 Å². The fraction of sp³-hybridized carbons (Fsp3) is 0.346. The highest BCUT2D eigenvalue weighted by Crippen LogP contribution is 2.26. The Hall–Kier alpha value is -4.08. The molecule has 1 aromatic carbocycles. The molecule has 0 bridgehead atoms. The first-order valence-electron chi connectivity index (χ1n) is 12.2. The lowest BCUT2D eigenvalue weighted by Gasteiger charge is -2.27. The molecule has 5 rings (SSSR count). The number of nitrogens with zero attached hydrogens (tertiary/aromatic N) is 6. The maximum atomic E-state index is 15.1. The van der Waals surface area contributed by atoms with Gasteiger partial charge in [0.2, 0.25) is 0 Å². The fourth-order valence-electron chi connectivity index (χ4n) is 4.69. The summed E-state index contributed by atoms with van der Waals surface area (Å²) < 4.78 is 18.1. The van der Waals surface area contributed by atoms with Gasteiger partial charge in [0.25, 0.3) is 5.91 Å². The van der Waals surface area contributed by atoms with E-state index in [-0.39, 0.29) is 23.2 Å². The van der Waals surface area contributed by atoms with Gasteiger partial charge in [-0.15, -0.1) is 0 Å². The number of amides is 1. The molecule has 1 amide bonds. The van der Waals surface area contributed by atoms with Crippen LogP contribution in [0, 0.1) is 5.82 Å². The number of carbonyl (C=O) groups excluding carboxylic acids is 1. The monoisotopic (exact) mass is 490 g/mol. The summed E-state index contributed by atoms with van der Waals surface area (Å²) in [7, 11) is 0. The quantitative estimate of drug-likeness (QED) is 0.445. The normalized spacial score (nSPS) is 16.3. The number of aryl methyl sites for hydroxylation is 1. The van der Waals surface area contributed by atoms with Gasteiger partial charge in [0.15, 0.2) is 11.3 Å². The molecule has 9 nitrogen and oxygen atoms in total. The van der Waals surface area contributed by atoms with Crippen LogP contribution in [0.25, 0.3) is 22.6 Å². The van der Waals surface area contributed by atoms with E-state index in [1.54, 1.807) is 28.8 Å². The molecule has 0 spiro atoms. The van der Waals surface area contributed by atoms with Crippen LogP contribution in [-0.2, 0) is 6.42 Å². The van der Waals surface area contributed by atoms with Crippen LogP contribution in [0.1, 0.15) is 66.2 Å². The first-order valence-corrected chi connectivity index (χ1v) is 12.2. The Labute approximate surface area is 207 Å². The van der Waals surface area contributed by atoms with E-state index in [4.69, 9.17) is 5.11 Å². The summed E-state index contributed by atoms with van der Waals surface area (Å²) in [6.45, 7) is 4.78. The third kappa shape index (κ3) is 4.34. The molecule has 1 aliphatic rings. The Morgan fingerprint density at radius 3 is 2.64 bits per heavy atom. The summed E-state index contributed by atoms with van der Waals surface area (Å²) in [5, 5.41) is 17.6. The van der Waals surface area contributed by atoms with Gasteiger partial charge in [0.1, 0.15) is 11.5 Å². The van der Waals surface area contributed by atoms with Crippen molar-refractivity contribution in [3.8, 4) is 16.9 Å². The molecule has 1 saturated heterocycles. The van der Waals surface area contributed by atoms with Gasteiger partial charge in [-0.3, -0.25) is 4.79 Å². The predicted molar refractivity (Wildman–Crippen MR) is 131 cm³/mol. The molecule has 0 saturated carbocycles. The van der Waals surface area contributed by atoms with Gasteiger partial charge in [-0.2, -0.15) is 10.2 Å². The molecular weight excluding hydrogens is 463 g/mol. The highest BCUT2D eigenvalue weighted by Gasteiger charge is 2.25. The number of carbonyl (C=O) groups is 2. The third-order valence-corrected chi connectivity index (χ3v) is 6.70. The van der Waals surface area contributed by atoms with E-state index in [1.807, 2.05) is 11.8 Å². The number of likely N-dealkylation sites (tertiary alicyclic amines) is 1. The molecular formula is C26H27FN6O3. The van der Waals surface area contributed by atoms with Gasteiger partial charge < -0.3 is 10.0 Å². The standard InChI is InChI=1S/C26H27FN6O3/c1-3-17-14-23(25(34)31-11-6-4-5-7-16(31)2)28-24-15-22(30-33(17)24)19-9-8-18(13-20(19)27)32-12-10-21(29-32)26(35)36/h8-10,12-16H,3-7,11H2,1-2H3,(H,35,36)/t16-/m1/s1. The molecule has 1 atom stereocenters. The molecule has 1 aliphatic heterocycles. The number of hydrogen-bond acceptors (Lipinski definition) is 5. The Morgan fingerprint density at radius 1 is 1.08 bits per heavy atom. The van der Waals surface area contributed by atoms with Crippen LogP contribution < -0.4 is 0 Å². The highest BCUT2D eigenvalue weighted by atomic mass is 19.1. The number of aromatic nitrogens is 5. The average Bonchev–Trinajstić information content (AvgIpc) is 3.47. The van der Waals surface area contributed by atoms with Gasteiger partial charge in [0, 0.05) is 42.2 Å². The maximum absolute atomic E-state index is 15.1. The van der Waals surface area contributed by atoms with Crippen molar-refractivity contribution in [2.24, 2.45) is 0 Å². The molecule has 10 heteroatoms. The van der Waals surface area contributed by atoms with Crippen molar-refractivity contribution >= 4 is 17.5 Å². The third-order valence-electron chi connectivity index (χ3n) is 6.70. The van der Waals surface area contributed by atoms with Gasteiger partial charge in [-0.1, -0.05) is 19.8 Å². The first-order chi connectivity index (χ1) is 17.4. The van der Waals surface area contributed by atoms with E-state index in [0.717, 1.165) is 37.9 Å². The topological polar surface area (TPSA) is 106 Å². The van der Waals surface area contributed by atoms with Gasteiger partial charge in [-0.05, 0) is 50.5 Å². The summed E-state index contributed by atoms with van der Waals surface area (Å²) >= 11 is 0. The molecule has 4 heterocycles. The zero-order valence-electron chi connectivity index (χ0n) is 20.2. The van der Waals surface area contributed by atoms with E-state index < -0.39 is 11.8 Å². The maximum Gasteiger partial charge on any atom is 0.356 e. The second kappa shape index (κ2) is 9.52. The number of rotatable bonds is 5. The van der Waals surface area contributed by atoms with Crippen molar-refractivity contribution in [2.75, 3.05) is 6.54 Å². The predicted octanol–water partition coefficient (Wildman–Crippen LogP) is 4.39. The van der Waals surface area contributed by atoms with Crippen LogP contribution in [0.15, 0.2) is 42.6 Å². The number of fused-ring (bicyclic) bond motifs is 1. The van der Waals surface area contributed by atoms with E-state index in [0.29, 0.717) is 29.1 Å².